The van der Waals surface area contributed by atoms with Crippen molar-refractivity contribution in [2.45, 2.75) is 30.5 Å². The summed E-state index contributed by atoms with van der Waals surface area (Å²) in [6, 6.07) is 10.1. The number of hydrogen-bond donors (Lipinski definition) is 1. The molecule has 0 saturated heterocycles. The summed E-state index contributed by atoms with van der Waals surface area (Å²) in [6.45, 7) is 1.81. The largest absolute Gasteiger partial charge is 0.337 e. The molecule has 22 heavy (non-hydrogen) atoms. The van der Waals surface area contributed by atoms with E-state index in [0.29, 0.717) is 5.92 Å². The molecule has 1 fully saturated rings. The zero-order valence-electron chi connectivity index (χ0n) is 12.7. The normalized spacial score (nSPS) is 17.0. The Labute approximate surface area is 133 Å². The first-order chi connectivity index (χ1) is 10.5. The predicted molar refractivity (Wildman–Crippen MR) is 86.3 cm³/mol. The molecule has 2 aromatic rings. The monoisotopic (exact) mass is 314 g/mol. The van der Waals surface area contributed by atoms with Gasteiger partial charge in [0.25, 0.3) is 0 Å². The molecule has 114 valence electrons. The van der Waals surface area contributed by atoms with Crippen molar-refractivity contribution < 1.29 is 4.79 Å². The summed E-state index contributed by atoms with van der Waals surface area (Å²) in [7, 11) is 1.94. The van der Waals surface area contributed by atoms with Crippen molar-refractivity contribution in [1.29, 1.82) is 5.26 Å². The van der Waals surface area contributed by atoms with E-state index in [1.54, 1.807) is 0 Å². The topological polar surface area (TPSA) is 70.7 Å². The summed E-state index contributed by atoms with van der Waals surface area (Å²) in [5, 5.41) is 13.0. The zero-order valence-corrected chi connectivity index (χ0v) is 13.5. The fourth-order valence-corrected chi connectivity index (χ4v) is 3.38. The molecule has 0 spiro atoms. The number of fused-ring (bicyclic) bond motifs is 1. The van der Waals surface area contributed by atoms with Crippen molar-refractivity contribution in [3.05, 3.63) is 24.3 Å². The number of aryl methyl sites for hydroxylation is 1. The first kappa shape index (κ1) is 14.9. The van der Waals surface area contributed by atoms with Gasteiger partial charge in [0.15, 0.2) is 5.16 Å². The minimum Gasteiger partial charge on any atom is -0.337 e. The Hall–Kier alpha value is -2.00. The zero-order chi connectivity index (χ0) is 15.7. The molecule has 1 amide bonds. The molecule has 1 aromatic heterocycles. The molecule has 1 heterocycles. The first-order valence-corrected chi connectivity index (χ1v) is 8.28. The maximum Gasteiger partial charge on any atom is 0.231 e. The van der Waals surface area contributed by atoms with Crippen LogP contribution in [-0.4, -0.2) is 26.8 Å². The minimum absolute atomic E-state index is 0.118. The highest BCUT2D eigenvalue weighted by molar-refractivity contribution is 7.99. The molecule has 0 bridgehead atoms. The summed E-state index contributed by atoms with van der Waals surface area (Å²) < 4.78 is 1.98. The van der Waals surface area contributed by atoms with Crippen LogP contribution in [0.3, 0.4) is 0 Å². The molecule has 1 N–H and O–H groups in total. The summed E-state index contributed by atoms with van der Waals surface area (Å²) in [4.78, 5) is 16.7. The molecule has 1 saturated carbocycles. The van der Waals surface area contributed by atoms with Gasteiger partial charge in [-0.05, 0) is 37.8 Å². The van der Waals surface area contributed by atoms with E-state index in [1.807, 2.05) is 42.8 Å². The van der Waals surface area contributed by atoms with Gasteiger partial charge in [0.1, 0.15) is 5.54 Å². The number of hydrogen-bond acceptors (Lipinski definition) is 4. The summed E-state index contributed by atoms with van der Waals surface area (Å²) in [5.74, 6) is 0.441. The Bertz CT molecular complexity index is 759. The third-order valence-corrected chi connectivity index (χ3v) is 5.13. The number of rotatable bonds is 5. The number of thioether (sulfide) groups is 1. The first-order valence-electron chi connectivity index (χ1n) is 7.30. The van der Waals surface area contributed by atoms with Crippen LogP contribution in [0.15, 0.2) is 29.4 Å². The number of benzene rings is 1. The van der Waals surface area contributed by atoms with Crippen molar-refractivity contribution in [3.8, 4) is 6.07 Å². The van der Waals surface area contributed by atoms with E-state index in [1.165, 1.54) is 11.8 Å². The molecular formula is C16H18N4OS. The molecule has 1 aliphatic rings. The molecule has 6 heteroatoms. The van der Waals surface area contributed by atoms with Crippen LogP contribution in [0.25, 0.3) is 11.0 Å². The lowest BCUT2D eigenvalue weighted by atomic mass is 9.98. The summed E-state index contributed by atoms with van der Waals surface area (Å²) >= 11 is 1.39. The maximum absolute atomic E-state index is 12.1. The Kier molecular flexibility index (Phi) is 3.83. The Balaban J connectivity index is 1.65. The van der Waals surface area contributed by atoms with E-state index in [-0.39, 0.29) is 11.7 Å². The number of nitriles is 1. The van der Waals surface area contributed by atoms with Gasteiger partial charge in [-0.2, -0.15) is 5.26 Å². The van der Waals surface area contributed by atoms with Crippen molar-refractivity contribution >= 4 is 28.7 Å². The fraction of sp³-hybridized carbons (Fsp3) is 0.438. The van der Waals surface area contributed by atoms with Crippen LogP contribution >= 0.6 is 11.8 Å². The number of carbonyl (C=O) groups excluding carboxylic acids is 1. The Morgan fingerprint density at radius 3 is 2.91 bits per heavy atom. The molecule has 1 unspecified atom stereocenters. The van der Waals surface area contributed by atoms with Crippen LogP contribution < -0.4 is 5.32 Å². The number of imidazole rings is 1. The fourth-order valence-electron chi connectivity index (χ4n) is 2.59. The lowest BCUT2D eigenvalue weighted by Gasteiger charge is -2.22. The second-order valence-corrected chi connectivity index (χ2v) is 6.81. The number of para-hydroxylation sites is 2. The molecular weight excluding hydrogens is 296 g/mol. The van der Waals surface area contributed by atoms with Crippen LogP contribution in [0, 0.1) is 17.2 Å². The Morgan fingerprint density at radius 1 is 1.55 bits per heavy atom. The predicted octanol–water partition coefficient (Wildman–Crippen LogP) is 2.47. The van der Waals surface area contributed by atoms with E-state index in [9.17, 15) is 10.1 Å². The summed E-state index contributed by atoms with van der Waals surface area (Å²) in [5.41, 5.74) is 1.24. The molecule has 1 aromatic carbocycles. The standard InChI is InChI=1S/C16H18N4OS/c1-16(10-17,11-7-8-11)19-14(21)9-22-15-18-12-5-3-4-6-13(12)20(15)2/h3-6,11H,7-9H2,1-2H3,(H,19,21). The molecule has 0 aliphatic heterocycles. The highest BCUT2D eigenvalue weighted by atomic mass is 32.2. The third kappa shape index (κ3) is 2.81. The van der Waals surface area contributed by atoms with Crippen LogP contribution in [0.2, 0.25) is 0 Å². The van der Waals surface area contributed by atoms with Crippen LogP contribution in [0.1, 0.15) is 19.8 Å². The van der Waals surface area contributed by atoms with Gasteiger partial charge in [-0.25, -0.2) is 4.98 Å². The van der Waals surface area contributed by atoms with Crippen LogP contribution in [0.4, 0.5) is 0 Å². The van der Waals surface area contributed by atoms with E-state index >= 15 is 0 Å². The molecule has 1 atom stereocenters. The van der Waals surface area contributed by atoms with Crippen molar-refractivity contribution in [3.63, 3.8) is 0 Å². The third-order valence-electron chi connectivity index (χ3n) is 4.10. The molecule has 3 rings (SSSR count). The van der Waals surface area contributed by atoms with Gasteiger partial charge in [-0.15, -0.1) is 0 Å². The van der Waals surface area contributed by atoms with E-state index in [4.69, 9.17) is 0 Å². The van der Waals surface area contributed by atoms with E-state index in [2.05, 4.69) is 16.4 Å². The van der Waals surface area contributed by atoms with Gasteiger partial charge in [0.2, 0.25) is 5.91 Å². The maximum atomic E-state index is 12.1. The number of carbonyl (C=O) groups is 1. The number of amides is 1. The number of nitrogens with one attached hydrogen (secondary N) is 1. The van der Waals surface area contributed by atoms with E-state index < -0.39 is 5.54 Å². The number of aromatic nitrogens is 2. The average Bonchev–Trinajstić information content (AvgIpc) is 3.32. The Morgan fingerprint density at radius 2 is 2.27 bits per heavy atom. The van der Waals surface area contributed by atoms with Crippen molar-refractivity contribution in [1.82, 2.24) is 14.9 Å². The number of nitrogens with zero attached hydrogens (tertiary/aromatic N) is 3. The highest BCUT2D eigenvalue weighted by Crippen LogP contribution is 2.39. The van der Waals surface area contributed by atoms with Crippen molar-refractivity contribution in [2.24, 2.45) is 13.0 Å². The molecule has 5 nitrogen and oxygen atoms in total. The van der Waals surface area contributed by atoms with Crippen LogP contribution in [-0.2, 0) is 11.8 Å². The molecule has 0 radical (unpaired) electrons. The summed E-state index contributed by atoms with van der Waals surface area (Å²) in [6.07, 6.45) is 2.03. The average molecular weight is 314 g/mol. The minimum atomic E-state index is -0.732. The van der Waals surface area contributed by atoms with Gasteiger partial charge >= 0.3 is 0 Å². The van der Waals surface area contributed by atoms with Gasteiger partial charge in [-0.1, -0.05) is 23.9 Å². The second-order valence-electron chi connectivity index (χ2n) is 5.87. The van der Waals surface area contributed by atoms with E-state index in [0.717, 1.165) is 29.0 Å². The smallest absolute Gasteiger partial charge is 0.231 e. The van der Waals surface area contributed by atoms with Crippen LogP contribution in [0.5, 0.6) is 0 Å². The van der Waals surface area contributed by atoms with Gasteiger partial charge in [-0.3, -0.25) is 4.79 Å². The quantitative estimate of drug-likeness (QED) is 0.861. The van der Waals surface area contributed by atoms with Gasteiger partial charge in [0.05, 0.1) is 22.9 Å². The lowest BCUT2D eigenvalue weighted by Crippen LogP contribution is -2.47. The lowest BCUT2D eigenvalue weighted by molar-refractivity contribution is -0.119. The molecule has 1 aliphatic carbocycles. The van der Waals surface area contributed by atoms with Gasteiger partial charge in [0, 0.05) is 7.05 Å². The highest BCUT2D eigenvalue weighted by Gasteiger charge is 2.42. The SMILES string of the molecule is Cn1c(SCC(=O)NC(C)(C#N)C2CC2)nc2ccccc21. The second kappa shape index (κ2) is 5.65. The van der Waals surface area contributed by atoms with Crippen molar-refractivity contribution in [2.75, 3.05) is 5.75 Å². The van der Waals surface area contributed by atoms with Gasteiger partial charge < -0.3 is 9.88 Å².